The van der Waals surface area contributed by atoms with E-state index >= 15 is 0 Å². The number of rotatable bonds is 4. The maximum absolute atomic E-state index is 11.8. The summed E-state index contributed by atoms with van der Waals surface area (Å²) in [6.45, 7) is 0.483. The molecule has 0 radical (unpaired) electrons. The maximum Gasteiger partial charge on any atom is 0.404 e. The quantitative estimate of drug-likeness (QED) is 0.725. The smallest absolute Gasteiger partial charge is 0.404 e. The summed E-state index contributed by atoms with van der Waals surface area (Å²) in [5.41, 5.74) is 0. The molecule has 1 fully saturated rings. The van der Waals surface area contributed by atoms with Crippen LogP contribution in [0.15, 0.2) is 0 Å². The van der Waals surface area contributed by atoms with Crippen LogP contribution in [-0.2, 0) is 9.63 Å². The number of amides is 2. The molecule has 1 aliphatic carbocycles. The highest BCUT2D eigenvalue weighted by molar-refractivity contribution is 5.77. The van der Waals surface area contributed by atoms with Crippen molar-refractivity contribution >= 4 is 12.0 Å². The van der Waals surface area contributed by atoms with E-state index in [1.54, 1.807) is 7.05 Å². The lowest BCUT2D eigenvalue weighted by molar-refractivity contribution is -0.174. The molecular formula is C11H20N2O4. The number of nitrogens with one attached hydrogen (secondary N) is 1. The molecule has 1 saturated carbocycles. The van der Waals surface area contributed by atoms with Crippen molar-refractivity contribution in [3.8, 4) is 0 Å². The third-order valence-electron chi connectivity index (χ3n) is 3.32. The second kappa shape index (κ2) is 6.44. The fourth-order valence-electron chi connectivity index (χ4n) is 2.19. The van der Waals surface area contributed by atoms with E-state index in [-0.39, 0.29) is 11.8 Å². The molecule has 0 aromatic carbocycles. The first kappa shape index (κ1) is 13.8. The van der Waals surface area contributed by atoms with Gasteiger partial charge in [0.2, 0.25) is 5.91 Å². The minimum Gasteiger partial charge on any atom is -0.465 e. The number of hydrogen-bond acceptors (Lipinski definition) is 3. The Labute approximate surface area is 101 Å². The lowest BCUT2D eigenvalue weighted by atomic mass is 9.81. The summed E-state index contributed by atoms with van der Waals surface area (Å²) in [5, 5.41) is 12.2. The Morgan fingerprint density at radius 3 is 2.41 bits per heavy atom. The van der Waals surface area contributed by atoms with E-state index in [9.17, 15) is 9.59 Å². The molecule has 1 rings (SSSR count). The Kier molecular flexibility index (Phi) is 5.21. The van der Waals surface area contributed by atoms with Crippen LogP contribution in [0.5, 0.6) is 0 Å². The summed E-state index contributed by atoms with van der Waals surface area (Å²) in [5.74, 6) is 0.376. The second-order valence-corrected chi connectivity index (χ2v) is 4.42. The lowest BCUT2D eigenvalue weighted by Crippen LogP contribution is -2.36. The molecule has 0 unspecified atom stereocenters. The molecule has 6 nitrogen and oxygen atoms in total. The summed E-state index contributed by atoms with van der Waals surface area (Å²) < 4.78 is 0. The van der Waals surface area contributed by atoms with E-state index in [0.29, 0.717) is 12.5 Å². The van der Waals surface area contributed by atoms with E-state index in [4.69, 9.17) is 9.94 Å². The van der Waals surface area contributed by atoms with Gasteiger partial charge in [0.05, 0.1) is 7.11 Å². The van der Waals surface area contributed by atoms with Gasteiger partial charge >= 0.3 is 6.09 Å². The van der Waals surface area contributed by atoms with Gasteiger partial charge in [0, 0.05) is 19.5 Å². The third-order valence-corrected chi connectivity index (χ3v) is 3.32. The molecule has 17 heavy (non-hydrogen) atoms. The van der Waals surface area contributed by atoms with E-state index in [0.717, 1.165) is 25.7 Å². The summed E-state index contributed by atoms with van der Waals surface area (Å²) in [4.78, 5) is 27.0. The monoisotopic (exact) mass is 244 g/mol. The maximum atomic E-state index is 11.8. The molecule has 0 spiro atoms. The SMILES string of the molecule is CON(C)C(=O)[C@H]1CC[C@@H](CNC(=O)O)CC1. The Bertz CT molecular complexity index is 275. The fraction of sp³-hybridized carbons (Fsp3) is 0.818. The second-order valence-electron chi connectivity index (χ2n) is 4.42. The van der Waals surface area contributed by atoms with Crippen LogP contribution < -0.4 is 5.32 Å². The Morgan fingerprint density at radius 2 is 1.94 bits per heavy atom. The van der Waals surface area contributed by atoms with Gasteiger partial charge in [-0.05, 0) is 31.6 Å². The predicted molar refractivity (Wildman–Crippen MR) is 61.3 cm³/mol. The first-order chi connectivity index (χ1) is 8.04. The van der Waals surface area contributed by atoms with Gasteiger partial charge in [-0.2, -0.15) is 0 Å². The summed E-state index contributed by atoms with van der Waals surface area (Å²) >= 11 is 0. The van der Waals surface area contributed by atoms with Crippen LogP contribution >= 0.6 is 0 Å². The molecule has 0 aromatic heterocycles. The third kappa shape index (κ3) is 4.22. The topological polar surface area (TPSA) is 78.9 Å². The first-order valence-electron chi connectivity index (χ1n) is 5.83. The molecule has 0 bridgehead atoms. The van der Waals surface area contributed by atoms with Gasteiger partial charge in [-0.25, -0.2) is 9.86 Å². The molecule has 2 amide bonds. The van der Waals surface area contributed by atoms with Crippen LogP contribution in [0.2, 0.25) is 0 Å². The molecule has 0 atom stereocenters. The summed E-state index contributed by atoms with van der Waals surface area (Å²) in [6, 6.07) is 0. The average Bonchev–Trinajstić information content (AvgIpc) is 2.35. The van der Waals surface area contributed by atoms with Gasteiger partial charge < -0.3 is 10.4 Å². The zero-order valence-corrected chi connectivity index (χ0v) is 10.3. The van der Waals surface area contributed by atoms with Crippen molar-refractivity contribution in [1.29, 1.82) is 0 Å². The van der Waals surface area contributed by atoms with Gasteiger partial charge in [0.25, 0.3) is 0 Å². The van der Waals surface area contributed by atoms with Gasteiger partial charge in [-0.3, -0.25) is 9.63 Å². The molecule has 98 valence electrons. The van der Waals surface area contributed by atoms with Crippen LogP contribution in [0, 0.1) is 11.8 Å². The fourth-order valence-corrected chi connectivity index (χ4v) is 2.19. The van der Waals surface area contributed by atoms with Crippen molar-refractivity contribution in [1.82, 2.24) is 10.4 Å². The minimum absolute atomic E-state index is 0.0112. The van der Waals surface area contributed by atoms with Crippen molar-refractivity contribution < 1.29 is 19.5 Å². The van der Waals surface area contributed by atoms with E-state index in [1.165, 1.54) is 12.2 Å². The molecular weight excluding hydrogens is 224 g/mol. The number of carboxylic acid groups (broad SMARTS) is 1. The van der Waals surface area contributed by atoms with Crippen molar-refractivity contribution in [2.45, 2.75) is 25.7 Å². The van der Waals surface area contributed by atoms with Gasteiger partial charge in [-0.15, -0.1) is 0 Å². The molecule has 0 aliphatic heterocycles. The highest BCUT2D eigenvalue weighted by atomic mass is 16.7. The molecule has 0 heterocycles. The predicted octanol–water partition coefficient (Wildman–Crippen LogP) is 1.08. The zero-order chi connectivity index (χ0) is 12.8. The van der Waals surface area contributed by atoms with Crippen LogP contribution in [0.4, 0.5) is 4.79 Å². The Hall–Kier alpha value is -1.30. The highest BCUT2D eigenvalue weighted by Gasteiger charge is 2.28. The van der Waals surface area contributed by atoms with E-state index < -0.39 is 6.09 Å². The van der Waals surface area contributed by atoms with Crippen molar-refractivity contribution in [3.05, 3.63) is 0 Å². The highest BCUT2D eigenvalue weighted by Crippen LogP contribution is 2.29. The normalized spacial score (nSPS) is 24.1. The molecule has 0 saturated heterocycles. The molecule has 6 heteroatoms. The number of nitrogens with zero attached hydrogens (tertiary/aromatic N) is 1. The number of hydroxylamine groups is 2. The Morgan fingerprint density at radius 1 is 1.35 bits per heavy atom. The lowest BCUT2D eigenvalue weighted by Gasteiger charge is -2.29. The summed E-state index contributed by atoms with van der Waals surface area (Å²) in [6.07, 6.45) is 2.39. The number of carbonyl (C=O) groups is 2. The van der Waals surface area contributed by atoms with E-state index in [1.807, 2.05) is 0 Å². The number of carbonyl (C=O) groups excluding carboxylic acids is 1. The van der Waals surface area contributed by atoms with Crippen molar-refractivity contribution in [3.63, 3.8) is 0 Å². The first-order valence-corrected chi connectivity index (χ1v) is 5.83. The van der Waals surface area contributed by atoms with Gasteiger partial charge in [0.15, 0.2) is 0 Å². The van der Waals surface area contributed by atoms with Crippen LogP contribution in [-0.4, -0.2) is 42.9 Å². The minimum atomic E-state index is -0.984. The standard InChI is InChI=1S/C11H20N2O4/c1-13(17-2)10(14)9-5-3-8(4-6-9)7-12-11(15)16/h8-9,12H,3-7H2,1-2H3,(H,15,16)/t8-,9+. The van der Waals surface area contributed by atoms with Crippen molar-refractivity contribution in [2.75, 3.05) is 20.7 Å². The average molecular weight is 244 g/mol. The van der Waals surface area contributed by atoms with Crippen LogP contribution in [0.1, 0.15) is 25.7 Å². The Balaban J connectivity index is 2.30. The molecule has 2 N–H and O–H groups in total. The van der Waals surface area contributed by atoms with E-state index in [2.05, 4.69) is 5.32 Å². The zero-order valence-electron chi connectivity index (χ0n) is 10.3. The number of hydrogen-bond donors (Lipinski definition) is 2. The largest absolute Gasteiger partial charge is 0.465 e. The molecule has 1 aliphatic rings. The van der Waals surface area contributed by atoms with Gasteiger partial charge in [-0.1, -0.05) is 0 Å². The van der Waals surface area contributed by atoms with Crippen LogP contribution in [0.25, 0.3) is 0 Å². The van der Waals surface area contributed by atoms with Gasteiger partial charge in [0.1, 0.15) is 0 Å². The van der Waals surface area contributed by atoms with Crippen LogP contribution in [0.3, 0.4) is 0 Å². The summed E-state index contributed by atoms with van der Waals surface area (Å²) in [7, 11) is 3.08. The van der Waals surface area contributed by atoms with Crippen molar-refractivity contribution in [2.24, 2.45) is 11.8 Å². The molecule has 0 aromatic rings.